The van der Waals surface area contributed by atoms with Gasteiger partial charge in [-0.3, -0.25) is 10.9 Å². The Labute approximate surface area is 278 Å². The van der Waals surface area contributed by atoms with Crippen molar-refractivity contribution in [1.29, 1.82) is 0 Å². The van der Waals surface area contributed by atoms with Crippen molar-refractivity contribution in [2.45, 2.75) is 27.7 Å². The first-order valence-corrected chi connectivity index (χ1v) is 14.7. The Hall–Kier alpha value is -5.46. The van der Waals surface area contributed by atoms with E-state index in [-0.39, 0.29) is 10.2 Å². The zero-order valence-corrected chi connectivity index (χ0v) is 27.4. The van der Waals surface area contributed by atoms with Crippen LogP contribution < -0.4 is 31.8 Å². The van der Waals surface area contributed by atoms with Crippen molar-refractivity contribution >= 4 is 58.0 Å². The summed E-state index contributed by atoms with van der Waals surface area (Å²) in [7, 11) is 0. The Morgan fingerprint density at radius 1 is 0.543 bits per heavy atom. The number of benzene rings is 4. The average molecular weight is 655 g/mol. The van der Waals surface area contributed by atoms with E-state index in [1.165, 1.54) is 0 Å². The molecule has 0 atom stereocenters. The van der Waals surface area contributed by atoms with Crippen molar-refractivity contribution in [1.82, 2.24) is 10.9 Å². The molecular formula is C34H34N6O4S2. The van der Waals surface area contributed by atoms with Gasteiger partial charge in [0, 0.05) is 0 Å². The van der Waals surface area contributed by atoms with E-state index in [1.54, 1.807) is 72.8 Å². The summed E-state index contributed by atoms with van der Waals surface area (Å²) in [5.74, 6) is 0.153. The van der Waals surface area contributed by atoms with Crippen LogP contribution in [0.1, 0.15) is 56.8 Å². The number of hydrogen-bond acceptors (Lipinski definition) is 8. The maximum absolute atomic E-state index is 12.0. The van der Waals surface area contributed by atoms with Gasteiger partial charge in [-0.15, -0.1) is 0 Å². The van der Waals surface area contributed by atoms with Crippen LogP contribution in [0.2, 0.25) is 0 Å². The largest absolute Gasteiger partial charge is 0.423 e. The number of rotatable bonds is 8. The number of nitrogens with zero attached hydrogens (tertiary/aromatic N) is 2. The molecular weight excluding hydrogens is 621 g/mol. The lowest BCUT2D eigenvalue weighted by Gasteiger charge is -2.06. The summed E-state index contributed by atoms with van der Waals surface area (Å²) in [5, 5.41) is 8.28. The fourth-order valence-corrected chi connectivity index (χ4v) is 3.74. The van der Waals surface area contributed by atoms with Gasteiger partial charge < -0.3 is 20.9 Å². The molecule has 0 aliphatic heterocycles. The molecule has 236 valence electrons. The van der Waals surface area contributed by atoms with Crippen molar-refractivity contribution < 1.29 is 19.1 Å². The molecule has 12 heteroatoms. The molecule has 4 aromatic carbocycles. The molecule has 0 heterocycles. The van der Waals surface area contributed by atoms with Crippen LogP contribution in [0.25, 0.3) is 0 Å². The lowest BCUT2D eigenvalue weighted by Crippen LogP contribution is -2.25. The standard InChI is InChI=1S/2C17H17N3O2S/c2*1-11-3-5-14(6-4-11)16(21)22-15-9-7-13(8-10-15)12(2)19-20-17(18)23/h2*3-10H,1-2H3,(H3,18,20,23)/b2*19-12+. The lowest BCUT2D eigenvalue weighted by atomic mass is 10.1. The molecule has 6 N–H and O–H groups in total. The van der Waals surface area contributed by atoms with Crippen LogP contribution in [-0.4, -0.2) is 33.6 Å². The number of aryl methyl sites for hydroxylation is 2. The highest BCUT2D eigenvalue weighted by molar-refractivity contribution is 7.80. The molecule has 0 fully saturated rings. The topological polar surface area (TPSA) is 153 Å². The van der Waals surface area contributed by atoms with Crippen LogP contribution in [0.3, 0.4) is 0 Å². The van der Waals surface area contributed by atoms with E-state index in [1.807, 2.05) is 52.0 Å². The van der Waals surface area contributed by atoms with Crippen LogP contribution in [0.15, 0.2) is 107 Å². The molecule has 0 saturated carbocycles. The minimum Gasteiger partial charge on any atom is -0.423 e. The molecule has 0 aliphatic rings. The highest BCUT2D eigenvalue weighted by Crippen LogP contribution is 2.17. The second-order valence-electron chi connectivity index (χ2n) is 9.91. The monoisotopic (exact) mass is 654 g/mol. The van der Waals surface area contributed by atoms with Gasteiger partial charge in [-0.1, -0.05) is 35.4 Å². The van der Waals surface area contributed by atoms with Gasteiger partial charge in [0.15, 0.2) is 10.2 Å². The van der Waals surface area contributed by atoms with Gasteiger partial charge in [-0.25, -0.2) is 9.59 Å². The van der Waals surface area contributed by atoms with E-state index in [4.69, 9.17) is 20.9 Å². The van der Waals surface area contributed by atoms with E-state index in [0.29, 0.717) is 34.0 Å². The van der Waals surface area contributed by atoms with Crippen LogP contribution in [0.4, 0.5) is 0 Å². The van der Waals surface area contributed by atoms with Gasteiger partial charge in [-0.2, -0.15) is 10.2 Å². The summed E-state index contributed by atoms with van der Waals surface area (Å²) in [5.41, 5.74) is 22.1. The molecule has 0 aromatic heterocycles. The number of hydrogen-bond donors (Lipinski definition) is 4. The molecule has 4 aromatic rings. The molecule has 0 spiro atoms. The third-order valence-electron chi connectivity index (χ3n) is 6.21. The molecule has 0 saturated heterocycles. The molecule has 0 aliphatic carbocycles. The number of ether oxygens (including phenoxy) is 2. The predicted molar refractivity (Wildman–Crippen MR) is 189 cm³/mol. The Bertz CT molecular complexity index is 1610. The molecule has 0 unspecified atom stereocenters. The average Bonchev–Trinajstić information content (AvgIpc) is 3.04. The molecule has 46 heavy (non-hydrogen) atoms. The summed E-state index contributed by atoms with van der Waals surface area (Å²) in [4.78, 5) is 24.1. The number of thiocarbonyl (C=S) groups is 2. The van der Waals surface area contributed by atoms with Crippen molar-refractivity contribution in [3.63, 3.8) is 0 Å². The molecule has 0 radical (unpaired) electrons. The third-order valence-corrected chi connectivity index (χ3v) is 6.39. The Morgan fingerprint density at radius 2 is 0.826 bits per heavy atom. The van der Waals surface area contributed by atoms with E-state index in [2.05, 4.69) is 45.5 Å². The van der Waals surface area contributed by atoms with Gasteiger partial charge in [0.05, 0.1) is 22.6 Å². The number of nitrogens with two attached hydrogens (primary N) is 2. The smallest absolute Gasteiger partial charge is 0.343 e. The highest BCUT2D eigenvalue weighted by atomic mass is 32.1. The number of hydrazone groups is 2. The second-order valence-corrected chi connectivity index (χ2v) is 10.8. The van der Waals surface area contributed by atoms with Crippen molar-refractivity contribution in [3.8, 4) is 11.5 Å². The van der Waals surface area contributed by atoms with E-state index >= 15 is 0 Å². The molecule has 4 rings (SSSR count). The summed E-state index contributed by atoms with van der Waals surface area (Å²) < 4.78 is 10.7. The molecule has 10 nitrogen and oxygen atoms in total. The first-order chi connectivity index (χ1) is 21.9. The van der Waals surface area contributed by atoms with Gasteiger partial charge in [-0.05, 0) is 136 Å². The minimum atomic E-state index is -0.390. The fourth-order valence-electron chi connectivity index (χ4n) is 3.65. The quantitative estimate of drug-likeness (QED) is 0.0626. The lowest BCUT2D eigenvalue weighted by molar-refractivity contribution is 0.0725. The third kappa shape index (κ3) is 11.6. The summed E-state index contributed by atoms with van der Waals surface area (Å²) in [6, 6.07) is 28.5. The Morgan fingerprint density at radius 3 is 1.11 bits per heavy atom. The normalized spacial score (nSPS) is 11.0. The van der Waals surface area contributed by atoms with Crippen LogP contribution in [0.5, 0.6) is 11.5 Å². The Kier molecular flexibility index (Phi) is 13.0. The zero-order valence-electron chi connectivity index (χ0n) is 25.7. The molecule has 0 bridgehead atoms. The fraction of sp³-hybridized carbons (Fsp3) is 0.118. The predicted octanol–water partition coefficient (Wildman–Crippen LogP) is 5.54. The number of carbonyl (C=O) groups excluding carboxylic acids is 2. The van der Waals surface area contributed by atoms with Crippen molar-refractivity contribution in [2.24, 2.45) is 21.7 Å². The zero-order chi connectivity index (χ0) is 33.6. The van der Waals surface area contributed by atoms with E-state index in [9.17, 15) is 9.59 Å². The van der Waals surface area contributed by atoms with Crippen LogP contribution >= 0.6 is 24.4 Å². The number of nitrogens with one attached hydrogen (secondary N) is 2. The SMILES string of the molecule is C/C(=N\NC(N)=S)c1ccc(OC(=O)c2ccc(C)cc2)cc1.C/C(=N\NC(N)=S)c1ccc(OC(=O)c2ccc(C)cc2)cc1. The van der Waals surface area contributed by atoms with Crippen molar-refractivity contribution in [3.05, 3.63) is 130 Å². The first-order valence-electron chi connectivity index (χ1n) is 13.9. The maximum Gasteiger partial charge on any atom is 0.343 e. The minimum absolute atomic E-state index is 0.105. The van der Waals surface area contributed by atoms with Gasteiger partial charge in [0.25, 0.3) is 0 Å². The van der Waals surface area contributed by atoms with Gasteiger partial charge in [0.1, 0.15) is 11.5 Å². The van der Waals surface area contributed by atoms with Gasteiger partial charge in [0.2, 0.25) is 0 Å². The summed E-state index contributed by atoms with van der Waals surface area (Å²) >= 11 is 9.38. The van der Waals surface area contributed by atoms with Crippen LogP contribution in [-0.2, 0) is 0 Å². The van der Waals surface area contributed by atoms with E-state index < -0.39 is 11.9 Å². The summed E-state index contributed by atoms with van der Waals surface area (Å²) in [6.45, 7) is 7.56. The first kappa shape index (κ1) is 35.0. The molecule has 0 amide bonds. The van der Waals surface area contributed by atoms with Crippen LogP contribution in [0, 0.1) is 13.8 Å². The maximum atomic E-state index is 12.0. The second kappa shape index (κ2) is 17.1. The van der Waals surface area contributed by atoms with E-state index in [0.717, 1.165) is 22.3 Å². The highest BCUT2D eigenvalue weighted by Gasteiger charge is 2.10. The van der Waals surface area contributed by atoms with Crippen molar-refractivity contribution in [2.75, 3.05) is 0 Å². The number of esters is 2. The number of carbonyl (C=O) groups is 2. The summed E-state index contributed by atoms with van der Waals surface area (Å²) in [6.07, 6.45) is 0. The Balaban J connectivity index is 0.000000250. The van der Waals surface area contributed by atoms with Gasteiger partial charge >= 0.3 is 11.9 Å².